The van der Waals surface area contributed by atoms with Gasteiger partial charge in [0.2, 0.25) is 5.91 Å². The molecule has 114 valence electrons. The summed E-state index contributed by atoms with van der Waals surface area (Å²) in [5.41, 5.74) is 0.493. The number of amides is 1. The number of anilines is 1. The van der Waals surface area contributed by atoms with Gasteiger partial charge < -0.3 is 4.90 Å². The summed E-state index contributed by atoms with van der Waals surface area (Å²) in [6.45, 7) is 6.46. The number of ketones is 1. The minimum Gasteiger partial charge on any atom is -0.312 e. The Morgan fingerprint density at radius 2 is 1.82 bits per heavy atom. The third kappa shape index (κ3) is 2.04. The van der Waals surface area contributed by atoms with Crippen LogP contribution in [0.15, 0.2) is 24.3 Å². The highest BCUT2D eigenvalue weighted by Gasteiger charge is 2.57. The molecule has 4 nitrogen and oxygen atoms in total. The minimum atomic E-state index is -0.467. The van der Waals surface area contributed by atoms with Crippen LogP contribution in [0.25, 0.3) is 0 Å². The van der Waals surface area contributed by atoms with Gasteiger partial charge in [-0.3, -0.25) is 9.59 Å². The molecule has 1 amide bonds. The Kier molecular flexibility index (Phi) is 3.14. The fourth-order valence-electron chi connectivity index (χ4n) is 3.95. The Hall–Kier alpha value is -2.15. The van der Waals surface area contributed by atoms with Gasteiger partial charge in [-0.2, -0.15) is 5.26 Å². The second-order valence-corrected chi connectivity index (χ2v) is 7.38. The molecular weight excluding hydrogens is 276 g/mol. The van der Waals surface area contributed by atoms with Gasteiger partial charge in [0.25, 0.3) is 0 Å². The summed E-state index contributed by atoms with van der Waals surface area (Å²) in [4.78, 5) is 27.0. The molecule has 3 rings (SSSR count). The first kappa shape index (κ1) is 14.8. The first-order chi connectivity index (χ1) is 10.3. The monoisotopic (exact) mass is 296 g/mol. The maximum Gasteiger partial charge on any atom is 0.233 e. The van der Waals surface area contributed by atoms with Gasteiger partial charge in [-0.05, 0) is 36.6 Å². The standard InChI is InChI=1S/C18H20N2O2/c1-17(2)11-18(3)13(8-15(17)21)10-20(16(18)22)14-6-4-12(9-19)5-7-14/h4-7,13H,8,10-11H2,1-3H3/t13-,18-/m1/s1. The normalized spacial score (nSPS) is 30.1. The van der Waals surface area contributed by atoms with Crippen molar-refractivity contribution in [3.63, 3.8) is 0 Å². The van der Waals surface area contributed by atoms with Crippen molar-refractivity contribution in [1.29, 1.82) is 5.26 Å². The molecule has 22 heavy (non-hydrogen) atoms. The van der Waals surface area contributed by atoms with Crippen LogP contribution in [0, 0.1) is 28.1 Å². The molecule has 0 radical (unpaired) electrons. The maximum atomic E-state index is 13.0. The Bertz CT molecular complexity index is 684. The van der Waals surface area contributed by atoms with E-state index in [0.717, 1.165) is 5.69 Å². The van der Waals surface area contributed by atoms with E-state index in [-0.39, 0.29) is 17.6 Å². The van der Waals surface area contributed by atoms with Crippen LogP contribution >= 0.6 is 0 Å². The topological polar surface area (TPSA) is 61.2 Å². The summed E-state index contributed by atoms with van der Waals surface area (Å²) in [7, 11) is 0. The number of nitrogens with zero attached hydrogens (tertiary/aromatic N) is 2. The largest absolute Gasteiger partial charge is 0.312 e. The summed E-state index contributed by atoms with van der Waals surface area (Å²) in [6.07, 6.45) is 1.08. The molecule has 1 saturated carbocycles. The van der Waals surface area contributed by atoms with Crippen molar-refractivity contribution in [2.75, 3.05) is 11.4 Å². The van der Waals surface area contributed by atoms with Crippen LogP contribution < -0.4 is 4.90 Å². The molecular formula is C18H20N2O2. The summed E-state index contributed by atoms with van der Waals surface area (Å²) < 4.78 is 0. The zero-order valence-electron chi connectivity index (χ0n) is 13.2. The van der Waals surface area contributed by atoms with Crippen molar-refractivity contribution in [3.05, 3.63) is 29.8 Å². The zero-order chi connectivity index (χ0) is 16.1. The maximum absolute atomic E-state index is 13.0. The fraction of sp³-hybridized carbons (Fsp3) is 0.500. The van der Waals surface area contributed by atoms with E-state index >= 15 is 0 Å². The van der Waals surface area contributed by atoms with Crippen LogP contribution in [0.3, 0.4) is 0 Å². The lowest BCUT2D eigenvalue weighted by atomic mass is 9.59. The van der Waals surface area contributed by atoms with Crippen LogP contribution in [0.2, 0.25) is 0 Å². The van der Waals surface area contributed by atoms with Gasteiger partial charge >= 0.3 is 0 Å². The number of carbonyl (C=O) groups excluding carboxylic acids is 2. The molecule has 4 heteroatoms. The molecule has 0 unspecified atom stereocenters. The van der Waals surface area contributed by atoms with E-state index in [9.17, 15) is 9.59 Å². The van der Waals surface area contributed by atoms with Crippen LogP contribution in [0.5, 0.6) is 0 Å². The van der Waals surface area contributed by atoms with Crippen LogP contribution in [-0.4, -0.2) is 18.2 Å². The van der Waals surface area contributed by atoms with E-state index < -0.39 is 10.8 Å². The van der Waals surface area contributed by atoms with Crippen LogP contribution in [0.4, 0.5) is 5.69 Å². The molecule has 1 aromatic carbocycles. The van der Waals surface area contributed by atoms with Crippen molar-refractivity contribution < 1.29 is 9.59 Å². The van der Waals surface area contributed by atoms with Gasteiger partial charge in [-0.25, -0.2) is 0 Å². The number of carbonyl (C=O) groups is 2. The number of hydrogen-bond acceptors (Lipinski definition) is 3. The molecule has 2 aliphatic rings. The molecule has 1 saturated heterocycles. The third-order valence-corrected chi connectivity index (χ3v) is 5.34. The molecule has 1 aliphatic carbocycles. The number of nitriles is 1. The lowest BCUT2D eigenvalue weighted by Gasteiger charge is -2.41. The minimum absolute atomic E-state index is 0.0798. The second kappa shape index (κ2) is 4.67. The lowest BCUT2D eigenvalue weighted by molar-refractivity contribution is -0.140. The average Bonchev–Trinajstić information content (AvgIpc) is 2.71. The van der Waals surface area contributed by atoms with Gasteiger partial charge in [0.15, 0.2) is 0 Å². The highest BCUT2D eigenvalue weighted by molar-refractivity contribution is 6.02. The highest BCUT2D eigenvalue weighted by atomic mass is 16.2. The second-order valence-electron chi connectivity index (χ2n) is 7.38. The molecule has 0 N–H and O–H groups in total. The molecule has 1 aliphatic heterocycles. The number of Topliss-reactive ketones (excluding diaryl/α,β-unsaturated/α-hetero) is 1. The van der Waals surface area contributed by atoms with Gasteiger partial charge in [-0.15, -0.1) is 0 Å². The Balaban J connectivity index is 1.93. The van der Waals surface area contributed by atoms with Crippen molar-refractivity contribution >= 4 is 17.4 Å². The Labute approximate surface area is 130 Å². The van der Waals surface area contributed by atoms with E-state index in [0.29, 0.717) is 24.9 Å². The van der Waals surface area contributed by atoms with Crippen molar-refractivity contribution in [3.8, 4) is 6.07 Å². The molecule has 1 aromatic rings. The number of fused-ring (bicyclic) bond motifs is 1. The quantitative estimate of drug-likeness (QED) is 0.800. The summed E-state index contributed by atoms with van der Waals surface area (Å²) >= 11 is 0. The van der Waals surface area contributed by atoms with Gasteiger partial charge in [0, 0.05) is 24.1 Å². The highest BCUT2D eigenvalue weighted by Crippen LogP contribution is 2.52. The molecule has 2 atom stereocenters. The van der Waals surface area contributed by atoms with E-state index in [2.05, 4.69) is 6.07 Å². The molecule has 1 heterocycles. The first-order valence-electron chi connectivity index (χ1n) is 7.63. The Morgan fingerprint density at radius 3 is 2.41 bits per heavy atom. The van der Waals surface area contributed by atoms with Crippen LogP contribution in [-0.2, 0) is 9.59 Å². The van der Waals surface area contributed by atoms with Gasteiger partial charge in [0.1, 0.15) is 5.78 Å². The summed E-state index contributed by atoms with van der Waals surface area (Å²) in [5.74, 6) is 0.434. The van der Waals surface area contributed by atoms with E-state index in [1.165, 1.54) is 0 Å². The smallest absolute Gasteiger partial charge is 0.233 e. The number of benzene rings is 1. The fourth-order valence-corrected chi connectivity index (χ4v) is 3.95. The predicted octanol–water partition coefficient (Wildman–Crippen LogP) is 2.92. The summed E-state index contributed by atoms with van der Waals surface area (Å²) in [6, 6.07) is 9.15. The zero-order valence-corrected chi connectivity index (χ0v) is 13.2. The van der Waals surface area contributed by atoms with E-state index in [4.69, 9.17) is 5.26 Å². The SMILES string of the molecule is CC1(C)C[C@@]2(C)C(=O)N(c3ccc(C#N)cc3)C[C@H]2CC1=O. The predicted molar refractivity (Wildman–Crippen MR) is 83.1 cm³/mol. The lowest BCUT2D eigenvalue weighted by Crippen LogP contribution is -2.45. The first-order valence-corrected chi connectivity index (χ1v) is 7.63. The van der Waals surface area contributed by atoms with E-state index in [1.807, 2.05) is 32.9 Å². The third-order valence-electron chi connectivity index (χ3n) is 5.34. The van der Waals surface area contributed by atoms with Crippen LogP contribution in [0.1, 0.15) is 39.2 Å². The Morgan fingerprint density at radius 1 is 1.18 bits per heavy atom. The van der Waals surface area contributed by atoms with Crippen molar-refractivity contribution in [2.45, 2.75) is 33.6 Å². The van der Waals surface area contributed by atoms with E-state index in [1.54, 1.807) is 17.0 Å². The number of rotatable bonds is 1. The average molecular weight is 296 g/mol. The molecule has 0 spiro atoms. The number of hydrogen-bond donors (Lipinski definition) is 0. The molecule has 0 aromatic heterocycles. The van der Waals surface area contributed by atoms with Gasteiger partial charge in [-0.1, -0.05) is 20.8 Å². The van der Waals surface area contributed by atoms with Crippen molar-refractivity contribution in [2.24, 2.45) is 16.7 Å². The van der Waals surface area contributed by atoms with Crippen molar-refractivity contribution in [1.82, 2.24) is 0 Å². The summed E-state index contributed by atoms with van der Waals surface area (Å²) in [5, 5.41) is 8.87. The van der Waals surface area contributed by atoms with Gasteiger partial charge in [0.05, 0.1) is 17.0 Å². The molecule has 2 fully saturated rings. The molecule has 0 bridgehead atoms.